The zero-order chi connectivity index (χ0) is 23.4. The molecule has 3 aromatic rings. The topological polar surface area (TPSA) is 124 Å². The first kappa shape index (κ1) is 22.5. The van der Waals surface area contributed by atoms with E-state index in [1.54, 1.807) is 37.7 Å². The number of carbonyl (C=O) groups excluding carboxylic acids is 1. The van der Waals surface area contributed by atoms with Crippen LogP contribution in [0.1, 0.15) is 25.3 Å². The molecule has 1 aromatic carbocycles. The van der Waals surface area contributed by atoms with E-state index in [2.05, 4.69) is 15.0 Å². The van der Waals surface area contributed by atoms with Crippen molar-refractivity contribution >= 4 is 35.1 Å². The van der Waals surface area contributed by atoms with E-state index in [0.29, 0.717) is 46.7 Å². The number of piperidine rings is 1. The summed E-state index contributed by atoms with van der Waals surface area (Å²) in [6.45, 7) is 3.02. The third kappa shape index (κ3) is 5.23. The highest BCUT2D eigenvalue weighted by Crippen LogP contribution is 2.31. The fraction of sp³-hybridized carbons (Fsp3) is 0.250. The smallest absolute Gasteiger partial charge is 0.230 e. The maximum absolute atomic E-state index is 11.5. The number of nitrogen functional groups attached to an aromatic ring is 1. The van der Waals surface area contributed by atoms with Crippen LogP contribution in [-0.4, -0.2) is 46.1 Å². The number of aromatic nitrogens is 2. The van der Waals surface area contributed by atoms with Crippen molar-refractivity contribution in [1.29, 1.82) is 0 Å². The van der Waals surface area contributed by atoms with Crippen LogP contribution in [0.25, 0.3) is 28.4 Å². The number of halogens is 1. The van der Waals surface area contributed by atoms with Crippen LogP contribution in [0.15, 0.2) is 58.3 Å². The number of likely N-dealkylation sites (tertiary alicyclic amines) is 1. The first-order chi connectivity index (χ1) is 15.9. The summed E-state index contributed by atoms with van der Waals surface area (Å²) >= 11 is 6.08. The number of amides is 1. The number of carbonyl (C=O) groups is 1. The number of hydrogen-bond donors (Lipinski definition) is 2. The van der Waals surface area contributed by atoms with Crippen LogP contribution in [0.2, 0.25) is 5.02 Å². The van der Waals surface area contributed by atoms with Gasteiger partial charge in [-0.3, -0.25) is 9.79 Å². The van der Waals surface area contributed by atoms with Gasteiger partial charge in [-0.1, -0.05) is 23.7 Å². The summed E-state index contributed by atoms with van der Waals surface area (Å²) in [5.74, 6) is 1.32. The molecule has 1 saturated heterocycles. The van der Waals surface area contributed by atoms with Crippen LogP contribution < -0.4 is 11.5 Å². The lowest BCUT2D eigenvalue weighted by atomic mass is 10.0. The summed E-state index contributed by atoms with van der Waals surface area (Å²) in [6.07, 6.45) is 8.14. The highest BCUT2D eigenvalue weighted by atomic mass is 35.5. The molecular weight excluding hydrogens is 440 g/mol. The minimum absolute atomic E-state index is 0.102. The molecule has 0 atom stereocenters. The number of pyridine rings is 1. The fourth-order valence-corrected chi connectivity index (χ4v) is 3.90. The molecule has 33 heavy (non-hydrogen) atoms. The maximum Gasteiger partial charge on any atom is 0.230 e. The summed E-state index contributed by atoms with van der Waals surface area (Å²) in [7, 11) is 0. The number of aliphatic imine (C=N–C) groups is 1. The van der Waals surface area contributed by atoms with E-state index >= 15 is 0 Å². The van der Waals surface area contributed by atoms with Gasteiger partial charge in [0.2, 0.25) is 11.8 Å². The average Bonchev–Trinajstić information content (AvgIpc) is 3.31. The first-order valence-corrected chi connectivity index (χ1v) is 11.0. The zero-order valence-electron chi connectivity index (χ0n) is 18.2. The molecule has 8 nitrogen and oxygen atoms in total. The lowest BCUT2D eigenvalue weighted by Crippen LogP contribution is -2.38. The molecule has 4 N–H and O–H groups in total. The Bertz CT molecular complexity index is 1210. The van der Waals surface area contributed by atoms with Crippen molar-refractivity contribution in [2.24, 2.45) is 10.7 Å². The van der Waals surface area contributed by atoms with Gasteiger partial charge in [0.1, 0.15) is 5.82 Å². The highest BCUT2D eigenvalue weighted by molar-refractivity contribution is 6.30. The van der Waals surface area contributed by atoms with Crippen LogP contribution >= 0.6 is 11.6 Å². The van der Waals surface area contributed by atoms with Crippen molar-refractivity contribution in [1.82, 2.24) is 14.9 Å². The average molecular weight is 465 g/mol. The van der Waals surface area contributed by atoms with E-state index in [4.69, 9.17) is 27.5 Å². The van der Waals surface area contributed by atoms with Gasteiger partial charge in [-0.15, -0.1) is 0 Å². The van der Waals surface area contributed by atoms with Crippen molar-refractivity contribution in [3.8, 4) is 22.8 Å². The van der Waals surface area contributed by atoms with Crippen molar-refractivity contribution < 1.29 is 9.21 Å². The summed E-state index contributed by atoms with van der Waals surface area (Å²) < 4.78 is 5.94. The Balaban J connectivity index is 1.54. The van der Waals surface area contributed by atoms with Gasteiger partial charge >= 0.3 is 0 Å². The highest BCUT2D eigenvalue weighted by Gasteiger charge is 2.20. The Morgan fingerprint density at radius 1 is 1.24 bits per heavy atom. The van der Waals surface area contributed by atoms with Gasteiger partial charge in [-0.05, 0) is 31.0 Å². The molecule has 4 rings (SSSR count). The van der Waals surface area contributed by atoms with Crippen molar-refractivity contribution in [2.45, 2.75) is 25.8 Å². The number of benzene rings is 1. The number of oxazole rings is 1. The predicted octanol–water partition coefficient (Wildman–Crippen LogP) is 4.02. The zero-order valence-corrected chi connectivity index (χ0v) is 19.0. The van der Waals surface area contributed by atoms with Gasteiger partial charge in [0.15, 0.2) is 5.76 Å². The molecule has 1 aliphatic rings. The summed E-state index contributed by atoms with van der Waals surface area (Å²) in [4.78, 5) is 26.7. The molecule has 3 heterocycles. The van der Waals surface area contributed by atoms with Gasteiger partial charge in [-0.25, -0.2) is 9.97 Å². The number of anilines is 1. The van der Waals surface area contributed by atoms with Gasteiger partial charge in [0.05, 0.1) is 17.8 Å². The minimum atomic E-state index is 0.102. The second-order valence-electron chi connectivity index (χ2n) is 7.83. The van der Waals surface area contributed by atoms with Crippen molar-refractivity contribution in [3.63, 3.8) is 0 Å². The molecule has 0 bridgehead atoms. The summed E-state index contributed by atoms with van der Waals surface area (Å²) in [6, 6.07) is 9.31. The molecule has 0 unspecified atom stereocenters. The van der Waals surface area contributed by atoms with E-state index in [9.17, 15) is 4.79 Å². The lowest BCUT2D eigenvalue weighted by molar-refractivity contribution is -0.129. The number of hydrogen-bond acceptors (Lipinski definition) is 7. The van der Waals surface area contributed by atoms with E-state index in [0.717, 1.165) is 24.0 Å². The van der Waals surface area contributed by atoms with Gasteiger partial charge in [0, 0.05) is 60.3 Å². The second kappa shape index (κ2) is 9.87. The van der Waals surface area contributed by atoms with E-state index in [1.165, 1.54) is 6.20 Å². The van der Waals surface area contributed by atoms with E-state index < -0.39 is 0 Å². The Morgan fingerprint density at radius 2 is 2.03 bits per heavy atom. The number of nitrogens with two attached hydrogens (primary N) is 2. The molecular formula is C24H25ClN6O2. The molecule has 170 valence electrons. The Labute approximate surface area is 197 Å². The van der Waals surface area contributed by atoms with Crippen molar-refractivity contribution in [3.05, 3.63) is 59.5 Å². The third-order valence-corrected chi connectivity index (χ3v) is 5.85. The molecule has 0 aliphatic carbocycles. The van der Waals surface area contributed by atoms with E-state index in [-0.39, 0.29) is 11.9 Å². The molecule has 1 aliphatic heterocycles. The largest absolute Gasteiger partial charge is 0.436 e. The molecule has 0 saturated carbocycles. The van der Waals surface area contributed by atoms with Gasteiger partial charge < -0.3 is 20.8 Å². The van der Waals surface area contributed by atoms with Gasteiger partial charge in [-0.2, -0.15) is 0 Å². The predicted molar refractivity (Wildman–Crippen MR) is 131 cm³/mol. The number of nitrogens with zero attached hydrogens (tertiary/aromatic N) is 4. The molecule has 9 heteroatoms. The van der Waals surface area contributed by atoms with Crippen LogP contribution in [0, 0.1) is 0 Å². The summed E-state index contributed by atoms with van der Waals surface area (Å²) in [5.41, 5.74) is 14.8. The van der Waals surface area contributed by atoms with Crippen LogP contribution in [0.3, 0.4) is 0 Å². The lowest BCUT2D eigenvalue weighted by Gasteiger charge is -2.29. The Morgan fingerprint density at radius 3 is 2.73 bits per heavy atom. The minimum Gasteiger partial charge on any atom is -0.436 e. The first-order valence-electron chi connectivity index (χ1n) is 10.6. The maximum atomic E-state index is 11.5. The van der Waals surface area contributed by atoms with E-state index in [1.807, 2.05) is 23.1 Å². The molecule has 2 aromatic heterocycles. The normalized spacial score (nSPS) is 15.3. The third-order valence-electron chi connectivity index (χ3n) is 5.61. The summed E-state index contributed by atoms with van der Waals surface area (Å²) in [5, 5.41) is 0.609. The van der Waals surface area contributed by atoms with Crippen LogP contribution in [-0.2, 0) is 4.79 Å². The quantitative estimate of drug-likeness (QED) is 0.549. The molecule has 0 spiro atoms. The fourth-order valence-electron chi connectivity index (χ4n) is 3.71. The molecule has 1 fully saturated rings. The Hall–Kier alpha value is -3.65. The number of allylic oxidation sites excluding steroid dienone is 1. The van der Waals surface area contributed by atoms with Crippen LogP contribution in [0.4, 0.5) is 5.82 Å². The number of rotatable bonds is 5. The Kier molecular flexibility index (Phi) is 6.74. The SMILES string of the molecule is CC(=O)N1CCC(N=CC(=CN)c2cnc(N)c(-c3ncc(-c4cccc(Cl)c4)o3)c2)CC1. The van der Waals surface area contributed by atoms with Crippen LogP contribution in [0.5, 0.6) is 0 Å². The van der Waals surface area contributed by atoms with Gasteiger partial charge in [0.25, 0.3) is 0 Å². The monoisotopic (exact) mass is 464 g/mol. The molecule has 0 radical (unpaired) electrons. The standard InChI is InChI=1S/C24H25ClN6O2/c1-15(32)31-7-5-20(6-8-31)28-13-18(11-26)17-10-21(23(27)29-12-17)24-30-14-22(33-24)16-3-2-4-19(25)9-16/h2-4,9-14,20H,5-8,26H2,1H3,(H2,27,29). The molecule has 1 amide bonds. The van der Waals surface area contributed by atoms with Crippen molar-refractivity contribution in [2.75, 3.05) is 18.8 Å². The second-order valence-corrected chi connectivity index (χ2v) is 8.27.